The van der Waals surface area contributed by atoms with Crippen LogP contribution in [0.15, 0.2) is 29.2 Å². The first-order valence-electron chi connectivity index (χ1n) is 8.38. The van der Waals surface area contributed by atoms with Crippen LogP contribution >= 0.6 is 11.6 Å². The second-order valence-electron chi connectivity index (χ2n) is 6.80. The van der Waals surface area contributed by atoms with Gasteiger partial charge in [-0.15, -0.1) is 0 Å². The quantitative estimate of drug-likeness (QED) is 0.883. The predicted molar refractivity (Wildman–Crippen MR) is 92.4 cm³/mol. The molecule has 1 aliphatic heterocycles. The van der Waals surface area contributed by atoms with E-state index in [4.69, 9.17) is 16.3 Å². The van der Waals surface area contributed by atoms with E-state index in [9.17, 15) is 4.79 Å². The summed E-state index contributed by atoms with van der Waals surface area (Å²) in [6, 6.07) is 5.46. The summed E-state index contributed by atoms with van der Waals surface area (Å²) in [6.45, 7) is 1.15. The lowest BCUT2D eigenvalue weighted by atomic mass is 9.79. The number of H-pyrrole nitrogens is 1. The molecule has 0 atom stereocenters. The number of hydrogen-bond donors (Lipinski definition) is 2. The van der Waals surface area contributed by atoms with E-state index in [1.807, 2.05) is 12.1 Å². The van der Waals surface area contributed by atoms with Gasteiger partial charge in [0.25, 0.3) is 5.56 Å². The fraction of sp³-hybridized carbons (Fsp3) is 0.500. The molecule has 1 aromatic carbocycles. The molecule has 0 amide bonds. The van der Waals surface area contributed by atoms with Crippen LogP contribution in [0.5, 0.6) is 5.75 Å². The number of aromatic amines is 1. The van der Waals surface area contributed by atoms with E-state index in [0.717, 1.165) is 24.8 Å². The first kappa shape index (κ1) is 15.0. The molecule has 2 heterocycles. The van der Waals surface area contributed by atoms with Crippen LogP contribution in [0.2, 0.25) is 5.02 Å². The molecule has 122 valence electrons. The zero-order valence-electron chi connectivity index (χ0n) is 13.0. The Morgan fingerprint density at radius 3 is 2.78 bits per heavy atom. The third kappa shape index (κ3) is 2.86. The molecule has 4 rings (SSSR count). The van der Waals surface area contributed by atoms with Crippen molar-refractivity contribution in [1.82, 2.24) is 10.3 Å². The fourth-order valence-electron chi connectivity index (χ4n) is 4.02. The number of benzene rings is 1. The second kappa shape index (κ2) is 5.84. The van der Waals surface area contributed by atoms with Crippen molar-refractivity contribution >= 4 is 22.4 Å². The number of halogens is 1. The van der Waals surface area contributed by atoms with Gasteiger partial charge in [0, 0.05) is 17.1 Å². The van der Waals surface area contributed by atoms with Crippen molar-refractivity contribution in [3.63, 3.8) is 0 Å². The number of fused-ring (bicyclic) bond motifs is 1. The van der Waals surface area contributed by atoms with Gasteiger partial charge < -0.3 is 15.0 Å². The average molecular weight is 333 g/mol. The summed E-state index contributed by atoms with van der Waals surface area (Å²) in [7, 11) is 0. The highest BCUT2D eigenvalue weighted by Crippen LogP contribution is 2.38. The largest absolute Gasteiger partial charge is 0.489 e. The Hall–Kier alpha value is -1.52. The SMILES string of the molecule is O=c1[nH]ccc2cc(OC3CCC4(CCCN4)CC3)c(Cl)cc12. The number of aromatic nitrogens is 1. The minimum Gasteiger partial charge on any atom is -0.489 e. The van der Waals surface area contributed by atoms with Crippen molar-refractivity contribution in [1.29, 1.82) is 0 Å². The Balaban J connectivity index is 1.52. The smallest absolute Gasteiger partial charge is 0.255 e. The van der Waals surface area contributed by atoms with E-state index in [1.54, 1.807) is 12.3 Å². The summed E-state index contributed by atoms with van der Waals surface area (Å²) in [5.74, 6) is 0.685. The molecule has 4 nitrogen and oxygen atoms in total. The van der Waals surface area contributed by atoms with Crippen molar-refractivity contribution < 1.29 is 4.74 Å². The summed E-state index contributed by atoms with van der Waals surface area (Å²) >= 11 is 6.32. The van der Waals surface area contributed by atoms with Crippen molar-refractivity contribution in [2.24, 2.45) is 0 Å². The van der Waals surface area contributed by atoms with Crippen LogP contribution in [-0.4, -0.2) is 23.2 Å². The fourth-order valence-corrected chi connectivity index (χ4v) is 4.22. The van der Waals surface area contributed by atoms with Gasteiger partial charge in [-0.3, -0.25) is 4.79 Å². The zero-order valence-corrected chi connectivity index (χ0v) is 13.8. The summed E-state index contributed by atoms with van der Waals surface area (Å²) < 4.78 is 6.16. The Morgan fingerprint density at radius 1 is 1.22 bits per heavy atom. The summed E-state index contributed by atoms with van der Waals surface area (Å²) in [6.07, 6.45) is 8.88. The van der Waals surface area contributed by atoms with E-state index in [2.05, 4.69) is 10.3 Å². The van der Waals surface area contributed by atoms with Crippen LogP contribution in [0.4, 0.5) is 0 Å². The molecule has 0 bridgehead atoms. The highest BCUT2D eigenvalue weighted by atomic mass is 35.5. The zero-order chi connectivity index (χ0) is 15.9. The van der Waals surface area contributed by atoms with E-state index in [-0.39, 0.29) is 11.7 Å². The lowest BCUT2D eigenvalue weighted by Crippen LogP contribution is -2.45. The van der Waals surface area contributed by atoms with Gasteiger partial charge in [0.2, 0.25) is 0 Å². The molecule has 1 saturated heterocycles. The number of hydrogen-bond acceptors (Lipinski definition) is 3. The van der Waals surface area contributed by atoms with E-state index in [1.165, 1.54) is 25.7 Å². The summed E-state index contributed by atoms with van der Waals surface area (Å²) in [5.41, 5.74) is 0.239. The number of ether oxygens (including phenoxy) is 1. The molecule has 1 aliphatic carbocycles. The van der Waals surface area contributed by atoms with Gasteiger partial charge in [0.1, 0.15) is 5.75 Å². The average Bonchev–Trinajstić information content (AvgIpc) is 3.00. The van der Waals surface area contributed by atoms with Gasteiger partial charge >= 0.3 is 0 Å². The van der Waals surface area contributed by atoms with Gasteiger partial charge in [-0.1, -0.05) is 11.6 Å². The minimum atomic E-state index is -0.122. The van der Waals surface area contributed by atoms with Crippen LogP contribution in [0.3, 0.4) is 0 Å². The molecule has 1 saturated carbocycles. The van der Waals surface area contributed by atoms with Gasteiger partial charge in [0.15, 0.2) is 0 Å². The third-order valence-corrected chi connectivity index (χ3v) is 5.64. The first-order valence-corrected chi connectivity index (χ1v) is 8.76. The number of nitrogens with one attached hydrogen (secondary N) is 2. The third-order valence-electron chi connectivity index (χ3n) is 5.34. The van der Waals surface area contributed by atoms with Gasteiger partial charge in [0.05, 0.1) is 11.1 Å². The summed E-state index contributed by atoms with van der Waals surface area (Å²) in [4.78, 5) is 14.5. The van der Waals surface area contributed by atoms with Crippen LogP contribution < -0.4 is 15.6 Å². The second-order valence-corrected chi connectivity index (χ2v) is 7.21. The highest BCUT2D eigenvalue weighted by molar-refractivity contribution is 6.32. The number of pyridine rings is 1. The molecule has 23 heavy (non-hydrogen) atoms. The lowest BCUT2D eigenvalue weighted by Gasteiger charge is -2.37. The van der Waals surface area contributed by atoms with Gasteiger partial charge in [-0.05, 0) is 68.7 Å². The van der Waals surface area contributed by atoms with E-state index >= 15 is 0 Å². The van der Waals surface area contributed by atoms with Gasteiger partial charge in [-0.25, -0.2) is 0 Å². The van der Waals surface area contributed by atoms with Gasteiger partial charge in [-0.2, -0.15) is 0 Å². The molecule has 0 unspecified atom stereocenters. The first-order chi connectivity index (χ1) is 11.2. The Labute approximate surface area is 140 Å². The van der Waals surface area contributed by atoms with E-state index in [0.29, 0.717) is 21.7 Å². The normalized spacial score (nSPS) is 27.6. The molecule has 1 aromatic heterocycles. The molecule has 2 fully saturated rings. The minimum absolute atomic E-state index is 0.122. The summed E-state index contributed by atoms with van der Waals surface area (Å²) in [5, 5.41) is 5.64. The lowest BCUT2D eigenvalue weighted by molar-refractivity contribution is 0.110. The highest BCUT2D eigenvalue weighted by Gasteiger charge is 2.37. The van der Waals surface area contributed by atoms with Crippen LogP contribution in [0.1, 0.15) is 38.5 Å². The Morgan fingerprint density at radius 2 is 2.04 bits per heavy atom. The van der Waals surface area contributed by atoms with Crippen molar-refractivity contribution in [2.45, 2.75) is 50.2 Å². The maximum atomic E-state index is 11.8. The standard InChI is InChI=1S/C18H21ClN2O2/c19-15-11-14-12(4-9-20-17(14)22)10-16(15)23-13-2-6-18(7-3-13)5-1-8-21-18/h4,9-11,13,21H,1-3,5-8H2,(H,20,22). The molecule has 0 radical (unpaired) electrons. The predicted octanol–water partition coefficient (Wildman–Crippen LogP) is 3.63. The monoisotopic (exact) mass is 332 g/mol. The van der Waals surface area contributed by atoms with Crippen LogP contribution in [-0.2, 0) is 0 Å². The van der Waals surface area contributed by atoms with Crippen LogP contribution in [0, 0.1) is 0 Å². The Bertz CT molecular complexity index is 770. The molecule has 1 spiro atoms. The number of rotatable bonds is 2. The van der Waals surface area contributed by atoms with Crippen molar-refractivity contribution in [3.8, 4) is 5.75 Å². The maximum absolute atomic E-state index is 11.8. The molecule has 2 aromatic rings. The molecular formula is C18H21ClN2O2. The topological polar surface area (TPSA) is 54.1 Å². The van der Waals surface area contributed by atoms with E-state index < -0.39 is 0 Å². The Kier molecular flexibility index (Phi) is 3.82. The molecule has 2 N–H and O–H groups in total. The molecule has 2 aliphatic rings. The van der Waals surface area contributed by atoms with Crippen molar-refractivity contribution in [2.75, 3.05) is 6.54 Å². The van der Waals surface area contributed by atoms with Crippen LogP contribution in [0.25, 0.3) is 10.8 Å². The molecular weight excluding hydrogens is 312 g/mol. The molecule has 5 heteroatoms. The van der Waals surface area contributed by atoms with Crippen molar-refractivity contribution in [3.05, 3.63) is 39.8 Å². The maximum Gasteiger partial charge on any atom is 0.255 e.